The molecule has 0 atom stereocenters. The smallest absolute Gasteiger partial charge is 0.133 e. The fourth-order valence-electron chi connectivity index (χ4n) is 4.21. The summed E-state index contributed by atoms with van der Waals surface area (Å²) < 4.78 is 14.9. The van der Waals surface area contributed by atoms with Crippen LogP contribution in [0.4, 0.5) is 4.39 Å². The maximum atomic E-state index is 14.9. The van der Waals surface area contributed by atoms with Gasteiger partial charge in [0, 0.05) is 22.5 Å². The molecule has 0 spiro atoms. The Morgan fingerprint density at radius 3 is 2.42 bits per heavy atom. The predicted molar refractivity (Wildman–Crippen MR) is 119 cm³/mol. The van der Waals surface area contributed by atoms with Crippen molar-refractivity contribution in [1.29, 1.82) is 0 Å². The number of aromatic nitrogens is 6. The van der Waals surface area contributed by atoms with Crippen molar-refractivity contribution in [3.63, 3.8) is 0 Å². The molecule has 0 bridgehead atoms. The zero-order valence-corrected chi connectivity index (χ0v) is 16.9. The summed E-state index contributed by atoms with van der Waals surface area (Å²) in [5.74, 6) is 1.29. The lowest BCUT2D eigenvalue weighted by molar-refractivity contribution is 0.631. The normalized spacial score (nSPS) is 11.7. The van der Waals surface area contributed by atoms with Gasteiger partial charge in [-0.2, -0.15) is 0 Å². The van der Waals surface area contributed by atoms with Gasteiger partial charge in [-0.15, -0.1) is 0 Å². The van der Waals surface area contributed by atoms with Crippen LogP contribution in [-0.4, -0.2) is 29.9 Å². The van der Waals surface area contributed by atoms with E-state index in [-0.39, 0.29) is 5.82 Å². The lowest BCUT2D eigenvalue weighted by Crippen LogP contribution is -1.89. The van der Waals surface area contributed by atoms with Gasteiger partial charge < -0.3 is 9.97 Å². The second-order valence-electron chi connectivity index (χ2n) is 7.67. The number of hydrogen-bond donors (Lipinski definition) is 2. The monoisotopic (exact) mass is 408 g/mol. The number of nitrogens with one attached hydrogen (secondary N) is 2. The van der Waals surface area contributed by atoms with E-state index in [2.05, 4.69) is 36.0 Å². The molecular weight excluding hydrogens is 391 g/mol. The molecule has 3 heterocycles. The van der Waals surface area contributed by atoms with Crippen molar-refractivity contribution in [1.82, 2.24) is 29.9 Å². The Balaban J connectivity index is 1.57. The number of nitrogens with zero attached hydrogens (tertiary/aromatic N) is 4. The number of benzene rings is 3. The average Bonchev–Trinajstić information content (AvgIpc) is 3.39. The highest BCUT2D eigenvalue weighted by Crippen LogP contribution is 2.35. The second-order valence-corrected chi connectivity index (χ2v) is 7.67. The largest absolute Gasteiger partial charge is 0.342 e. The molecule has 6 nitrogen and oxygen atoms in total. The van der Waals surface area contributed by atoms with Crippen molar-refractivity contribution in [2.24, 2.45) is 0 Å². The average molecular weight is 408 g/mol. The number of rotatable bonds is 2. The third-order valence-electron chi connectivity index (χ3n) is 5.63. The quantitative estimate of drug-likeness (QED) is 0.372. The van der Waals surface area contributed by atoms with E-state index in [1.807, 2.05) is 38.2 Å². The molecule has 6 aromatic rings. The summed E-state index contributed by atoms with van der Waals surface area (Å²) in [6.45, 7) is 3.77. The van der Waals surface area contributed by atoms with Crippen LogP contribution in [0.3, 0.4) is 0 Å². The highest BCUT2D eigenvalue weighted by atomic mass is 19.1. The van der Waals surface area contributed by atoms with Crippen LogP contribution in [0.25, 0.3) is 55.1 Å². The maximum Gasteiger partial charge on any atom is 0.133 e. The van der Waals surface area contributed by atoms with Crippen LogP contribution in [0.15, 0.2) is 55.1 Å². The van der Waals surface area contributed by atoms with Crippen LogP contribution in [0, 0.1) is 19.7 Å². The zero-order valence-electron chi connectivity index (χ0n) is 16.9. The molecule has 3 aromatic heterocycles. The minimum atomic E-state index is -0.298. The molecule has 2 N–H and O–H groups in total. The van der Waals surface area contributed by atoms with Gasteiger partial charge in [-0.1, -0.05) is 18.2 Å². The van der Waals surface area contributed by atoms with E-state index >= 15 is 0 Å². The summed E-state index contributed by atoms with van der Waals surface area (Å²) in [5.41, 5.74) is 5.48. The summed E-state index contributed by atoms with van der Waals surface area (Å²) in [4.78, 5) is 23.9. The molecule has 6 rings (SSSR count). The summed E-state index contributed by atoms with van der Waals surface area (Å²) in [6.07, 6.45) is 5.00. The van der Waals surface area contributed by atoms with Crippen molar-refractivity contribution in [3.05, 3.63) is 72.6 Å². The molecule has 31 heavy (non-hydrogen) atoms. The van der Waals surface area contributed by atoms with Gasteiger partial charge in [-0.3, -0.25) is 0 Å². The number of aryl methyl sites for hydroxylation is 2. The zero-order chi connectivity index (χ0) is 21.1. The summed E-state index contributed by atoms with van der Waals surface area (Å²) in [6, 6.07) is 11.3. The highest BCUT2D eigenvalue weighted by Gasteiger charge is 2.15. The van der Waals surface area contributed by atoms with Gasteiger partial charge in [0.2, 0.25) is 0 Å². The lowest BCUT2D eigenvalue weighted by atomic mass is 9.97. The molecule has 0 aliphatic heterocycles. The van der Waals surface area contributed by atoms with Gasteiger partial charge in [0.1, 0.15) is 23.8 Å². The van der Waals surface area contributed by atoms with Gasteiger partial charge in [-0.25, -0.2) is 24.3 Å². The van der Waals surface area contributed by atoms with Gasteiger partial charge in [0.05, 0.1) is 28.4 Å². The first kappa shape index (κ1) is 17.7. The van der Waals surface area contributed by atoms with Crippen molar-refractivity contribution in [2.75, 3.05) is 0 Å². The molecule has 0 fully saturated rings. The minimum absolute atomic E-state index is 0.298. The number of hydrogen-bond acceptors (Lipinski definition) is 4. The van der Waals surface area contributed by atoms with Crippen LogP contribution in [0.1, 0.15) is 11.6 Å². The number of fused-ring (bicyclic) bond motifs is 6. The summed E-state index contributed by atoms with van der Waals surface area (Å²) >= 11 is 0. The van der Waals surface area contributed by atoms with Crippen molar-refractivity contribution < 1.29 is 4.39 Å². The number of halogens is 1. The third-order valence-corrected chi connectivity index (χ3v) is 5.63. The summed E-state index contributed by atoms with van der Waals surface area (Å²) in [5, 5.41) is 2.93. The van der Waals surface area contributed by atoms with Crippen molar-refractivity contribution >= 4 is 32.7 Å². The van der Waals surface area contributed by atoms with Crippen molar-refractivity contribution in [3.8, 4) is 22.4 Å². The minimum Gasteiger partial charge on any atom is -0.342 e. The van der Waals surface area contributed by atoms with Crippen LogP contribution in [0.5, 0.6) is 0 Å². The summed E-state index contributed by atoms with van der Waals surface area (Å²) in [7, 11) is 0. The Hall–Kier alpha value is -4.13. The molecule has 0 saturated carbocycles. The van der Waals surface area contributed by atoms with E-state index in [0.29, 0.717) is 11.3 Å². The Kier molecular flexibility index (Phi) is 3.67. The van der Waals surface area contributed by atoms with Gasteiger partial charge in [-0.05, 0) is 48.6 Å². The van der Waals surface area contributed by atoms with Crippen LogP contribution in [-0.2, 0) is 0 Å². The Bertz CT molecular complexity index is 1630. The lowest BCUT2D eigenvalue weighted by Gasteiger charge is -2.09. The standard InChI is InChI=1S/C24H17FN6/c1-12-27-10-21(29-12)17-6-4-15(8-20(17)25)14-3-5-16-18(7-14)19-9-26-11-28-22(19)24-23(16)30-13(2)31-24/h3-11H,1-2H3,(H,27,29)(H,30,31). The Labute approximate surface area is 176 Å². The molecule has 0 aliphatic carbocycles. The first-order valence-electron chi connectivity index (χ1n) is 9.92. The topological polar surface area (TPSA) is 83.1 Å². The van der Waals surface area contributed by atoms with E-state index in [4.69, 9.17) is 0 Å². The number of aromatic amines is 2. The van der Waals surface area contributed by atoms with Gasteiger partial charge >= 0.3 is 0 Å². The molecular formula is C24H17FN6. The van der Waals surface area contributed by atoms with E-state index in [0.717, 1.165) is 55.5 Å². The number of H-pyrrole nitrogens is 2. The fraction of sp³-hybridized carbons (Fsp3) is 0.0833. The first-order valence-corrected chi connectivity index (χ1v) is 9.92. The highest BCUT2D eigenvalue weighted by molar-refractivity contribution is 6.22. The van der Waals surface area contributed by atoms with Crippen LogP contribution < -0.4 is 0 Å². The van der Waals surface area contributed by atoms with Gasteiger partial charge in [0.15, 0.2) is 0 Å². The second kappa shape index (κ2) is 6.43. The fourth-order valence-corrected chi connectivity index (χ4v) is 4.21. The first-order chi connectivity index (χ1) is 15.1. The molecule has 0 radical (unpaired) electrons. The molecule has 3 aromatic carbocycles. The third kappa shape index (κ3) is 2.70. The molecule has 0 saturated heterocycles. The number of imidazole rings is 2. The Morgan fingerprint density at radius 2 is 1.61 bits per heavy atom. The Morgan fingerprint density at radius 1 is 0.774 bits per heavy atom. The van der Waals surface area contributed by atoms with Crippen LogP contribution >= 0.6 is 0 Å². The molecule has 0 amide bonds. The molecule has 7 heteroatoms. The van der Waals surface area contributed by atoms with Gasteiger partial charge in [0.25, 0.3) is 0 Å². The van der Waals surface area contributed by atoms with Crippen molar-refractivity contribution in [2.45, 2.75) is 13.8 Å². The van der Waals surface area contributed by atoms with E-state index in [9.17, 15) is 4.39 Å². The maximum absolute atomic E-state index is 14.9. The van der Waals surface area contributed by atoms with Crippen LogP contribution in [0.2, 0.25) is 0 Å². The van der Waals surface area contributed by atoms with E-state index < -0.39 is 0 Å². The molecule has 0 unspecified atom stereocenters. The predicted octanol–water partition coefficient (Wildman–Crippen LogP) is 5.47. The van der Waals surface area contributed by atoms with E-state index in [1.54, 1.807) is 24.7 Å². The molecule has 0 aliphatic rings. The SMILES string of the molecule is Cc1ncc(-c2ccc(-c3ccc4c(c3)c3cncnc3c3[nH]c(C)nc43)cc2F)[nH]1. The van der Waals surface area contributed by atoms with E-state index in [1.165, 1.54) is 0 Å². The molecule has 150 valence electrons.